The van der Waals surface area contributed by atoms with E-state index in [4.69, 9.17) is 10.5 Å². The summed E-state index contributed by atoms with van der Waals surface area (Å²) >= 11 is 0. The summed E-state index contributed by atoms with van der Waals surface area (Å²) in [7, 11) is 0. The van der Waals surface area contributed by atoms with E-state index in [2.05, 4.69) is 4.98 Å². The molecular formula is C13H13FN2O. The Kier molecular flexibility index (Phi) is 2.35. The number of hydrogen-bond acceptors (Lipinski definition) is 3. The molecule has 1 fully saturated rings. The van der Waals surface area contributed by atoms with Gasteiger partial charge in [0.05, 0.1) is 6.10 Å². The number of aromatic nitrogens is 1. The van der Waals surface area contributed by atoms with Crippen LogP contribution in [0, 0.1) is 5.82 Å². The zero-order valence-corrected chi connectivity index (χ0v) is 9.32. The van der Waals surface area contributed by atoms with Crippen molar-refractivity contribution in [2.75, 3.05) is 5.73 Å². The molecule has 4 heteroatoms. The highest BCUT2D eigenvalue weighted by Crippen LogP contribution is 2.34. The van der Waals surface area contributed by atoms with Crippen LogP contribution in [0.25, 0.3) is 10.9 Å². The fourth-order valence-corrected chi connectivity index (χ4v) is 1.98. The number of nitrogen functional groups attached to an aromatic ring is 1. The Balaban J connectivity index is 2.14. The number of hydrogen-bond donors (Lipinski definition) is 1. The molecule has 1 heterocycles. The van der Waals surface area contributed by atoms with Crippen molar-refractivity contribution in [1.29, 1.82) is 0 Å². The Labute approximate surface area is 98.4 Å². The SMILES string of the molecule is Nc1cc(F)c(OC2CCC2)c2ncccc12. The molecule has 0 radical (unpaired) electrons. The first-order valence-corrected chi connectivity index (χ1v) is 5.75. The number of nitrogens with zero attached hydrogens (tertiary/aromatic N) is 1. The van der Waals surface area contributed by atoms with Gasteiger partial charge in [-0.05, 0) is 31.4 Å². The zero-order valence-electron chi connectivity index (χ0n) is 9.32. The molecule has 1 aliphatic rings. The van der Waals surface area contributed by atoms with E-state index in [1.165, 1.54) is 6.07 Å². The van der Waals surface area contributed by atoms with Crippen molar-refractivity contribution in [1.82, 2.24) is 4.98 Å². The number of anilines is 1. The van der Waals surface area contributed by atoms with E-state index < -0.39 is 5.82 Å². The van der Waals surface area contributed by atoms with Crippen LogP contribution >= 0.6 is 0 Å². The van der Waals surface area contributed by atoms with E-state index in [9.17, 15) is 4.39 Å². The van der Waals surface area contributed by atoms with E-state index in [1.807, 2.05) is 6.07 Å². The summed E-state index contributed by atoms with van der Waals surface area (Å²) in [6.45, 7) is 0. The van der Waals surface area contributed by atoms with Gasteiger partial charge in [-0.1, -0.05) is 0 Å². The summed E-state index contributed by atoms with van der Waals surface area (Å²) in [5, 5.41) is 0.739. The molecule has 0 spiro atoms. The minimum absolute atomic E-state index is 0.123. The van der Waals surface area contributed by atoms with Crippen molar-refractivity contribution in [2.24, 2.45) is 0 Å². The average Bonchev–Trinajstić information content (AvgIpc) is 2.26. The number of pyridine rings is 1. The summed E-state index contributed by atoms with van der Waals surface area (Å²) in [5.41, 5.74) is 6.67. The van der Waals surface area contributed by atoms with Crippen LogP contribution in [-0.2, 0) is 0 Å². The van der Waals surface area contributed by atoms with Gasteiger partial charge in [0.15, 0.2) is 11.6 Å². The van der Waals surface area contributed by atoms with E-state index in [-0.39, 0.29) is 11.9 Å². The largest absolute Gasteiger partial charge is 0.485 e. The molecule has 3 rings (SSSR count). The molecule has 0 atom stereocenters. The van der Waals surface area contributed by atoms with Crippen LogP contribution < -0.4 is 10.5 Å². The zero-order chi connectivity index (χ0) is 11.8. The van der Waals surface area contributed by atoms with Crippen LogP contribution in [0.5, 0.6) is 5.75 Å². The highest BCUT2D eigenvalue weighted by atomic mass is 19.1. The molecule has 88 valence electrons. The van der Waals surface area contributed by atoms with Gasteiger partial charge < -0.3 is 10.5 Å². The first kappa shape index (κ1) is 10.3. The molecule has 2 aromatic rings. The number of ether oxygens (including phenoxy) is 1. The maximum atomic E-state index is 13.9. The molecule has 0 unspecified atom stereocenters. The van der Waals surface area contributed by atoms with Gasteiger partial charge in [-0.3, -0.25) is 4.98 Å². The lowest BCUT2D eigenvalue weighted by atomic mass is 9.96. The summed E-state index contributed by atoms with van der Waals surface area (Å²) in [4.78, 5) is 4.17. The third-order valence-electron chi connectivity index (χ3n) is 3.17. The molecule has 0 saturated heterocycles. The van der Waals surface area contributed by atoms with Crippen molar-refractivity contribution >= 4 is 16.6 Å². The van der Waals surface area contributed by atoms with Crippen LogP contribution in [0.4, 0.5) is 10.1 Å². The second-order valence-electron chi connectivity index (χ2n) is 4.35. The second kappa shape index (κ2) is 3.87. The molecule has 0 amide bonds. The van der Waals surface area contributed by atoms with Crippen molar-refractivity contribution in [2.45, 2.75) is 25.4 Å². The molecule has 3 nitrogen and oxygen atoms in total. The molecular weight excluding hydrogens is 219 g/mol. The van der Waals surface area contributed by atoms with Crippen molar-refractivity contribution in [3.05, 3.63) is 30.2 Å². The lowest BCUT2D eigenvalue weighted by Gasteiger charge is -2.27. The van der Waals surface area contributed by atoms with Crippen LogP contribution in [-0.4, -0.2) is 11.1 Å². The van der Waals surface area contributed by atoms with Gasteiger partial charge >= 0.3 is 0 Å². The maximum Gasteiger partial charge on any atom is 0.181 e. The van der Waals surface area contributed by atoms with Crippen LogP contribution in [0.2, 0.25) is 0 Å². The van der Waals surface area contributed by atoms with E-state index in [0.29, 0.717) is 11.2 Å². The average molecular weight is 232 g/mol. The molecule has 0 bridgehead atoms. The van der Waals surface area contributed by atoms with Gasteiger partial charge in [-0.2, -0.15) is 0 Å². The fraction of sp³-hybridized carbons (Fsp3) is 0.308. The molecule has 1 aliphatic carbocycles. The van der Waals surface area contributed by atoms with E-state index in [0.717, 1.165) is 24.6 Å². The Bertz CT molecular complexity index is 567. The summed E-state index contributed by atoms with van der Waals surface area (Å²) in [5.74, 6) is -0.194. The highest BCUT2D eigenvalue weighted by Gasteiger charge is 2.23. The highest BCUT2D eigenvalue weighted by molar-refractivity contribution is 5.94. The number of fused-ring (bicyclic) bond motifs is 1. The Hall–Kier alpha value is -1.84. The molecule has 1 aromatic carbocycles. The molecule has 1 aromatic heterocycles. The first-order chi connectivity index (χ1) is 8.25. The fourth-order valence-electron chi connectivity index (χ4n) is 1.98. The minimum Gasteiger partial charge on any atom is -0.485 e. The molecule has 17 heavy (non-hydrogen) atoms. The van der Waals surface area contributed by atoms with Crippen molar-refractivity contribution < 1.29 is 9.13 Å². The van der Waals surface area contributed by atoms with Crippen molar-refractivity contribution in [3.8, 4) is 5.75 Å². The standard InChI is InChI=1S/C13H13FN2O/c14-10-7-11(15)9-5-2-6-16-12(9)13(10)17-8-3-1-4-8/h2,5-8H,1,3-4,15H2. The summed E-state index contributed by atoms with van der Waals surface area (Å²) in [6.07, 6.45) is 4.86. The third kappa shape index (κ3) is 1.69. The molecule has 0 aliphatic heterocycles. The van der Waals surface area contributed by atoms with Gasteiger partial charge in [0.2, 0.25) is 0 Å². The maximum absolute atomic E-state index is 13.9. The van der Waals surface area contributed by atoms with Gasteiger partial charge in [0.25, 0.3) is 0 Å². The predicted octanol–water partition coefficient (Wildman–Crippen LogP) is 2.89. The predicted molar refractivity (Wildman–Crippen MR) is 64.4 cm³/mol. The topological polar surface area (TPSA) is 48.1 Å². The van der Waals surface area contributed by atoms with Crippen molar-refractivity contribution in [3.63, 3.8) is 0 Å². The second-order valence-corrected chi connectivity index (χ2v) is 4.35. The van der Waals surface area contributed by atoms with Crippen LogP contribution in [0.1, 0.15) is 19.3 Å². The summed E-state index contributed by atoms with van der Waals surface area (Å²) < 4.78 is 19.5. The molecule has 2 N–H and O–H groups in total. The quantitative estimate of drug-likeness (QED) is 0.810. The third-order valence-corrected chi connectivity index (χ3v) is 3.17. The Morgan fingerprint density at radius 3 is 2.94 bits per heavy atom. The monoisotopic (exact) mass is 232 g/mol. The Morgan fingerprint density at radius 2 is 2.24 bits per heavy atom. The van der Waals surface area contributed by atoms with Gasteiger partial charge in [-0.15, -0.1) is 0 Å². The molecule has 1 saturated carbocycles. The van der Waals surface area contributed by atoms with E-state index >= 15 is 0 Å². The summed E-state index contributed by atoms with van der Waals surface area (Å²) in [6, 6.07) is 4.91. The number of halogens is 1. The lowest BCUT2D eigenvalue weighted by molar-refractivity contribution is 0.117. The number of benzene rings is 1. The lowest BCUT2D eigenvalue weighted by Crippen LogP contribution is -2.25. The normalized spacial score (nSPS) is 15.8. The van der Waals surface area contributed by atoms with Gasteiger partial charge in [-0.25, -0.2) is 4.39 Å². The van der Waals surface area contributed by atoms with Crippen LogP contribution in [0.15, 0.2) is 24.4 Å². The smallest absolute Gasteiger partial charge is 0.181 e. The Morgan fingerprint density at radius 1 is 1.41 bits per heavy atom. The number of rotatable bonds is 2. The number of nitrogens with two attached hydrogens (primary N) is 1. The van der Waals surface area contributed by atoms with E-state index in [1.54, 1.807) is 12.3 Å². The first-order valence-electron chi connectivity index (χ1n) is 5.75. The van der Waals surface area contributed by atoms with Gasteiger partial charge in [0, 0.05) is 23.3 Å². The van der Waals surface area contributed by atoms with Crippen LogP contribution in [0.3, 0.4) is 0 Å². The minimum atomic E-state index is -0.430. The van der Waals surface area contributed by atoms with Gasteiger partial charge in [0.1, 0.15) is 5.52 Å².